The van der Waals surface area contributed by atoms with Gasteiger partial charge in [-0.3, -0.25) is 4.98 Å². The Morgan fingerprint density at radius 2 is 1.55 bits per heavy atom. The van der Waals surface area contributed by atoms with Crippen molar-refractivity contribution in [3.8, 4) is 16.9 Å². The highest BCUT2D eigenvalue weighted by Gasteiger charge is 2.49. The Bertz CT molecular complexity index is 959. The van der Waals surface area contributed by atoms with E-state index < -0.39 is 12.0 Å². The monoisotopic (exact) mass is 401 g/mol. The zero-order valence-corrected chi connectivity index (χ0v) is 15.6. The Balaban J connectivity index is 1.63. The average Bonchev–Trinajstić information content (AvgIpc) is 3.56. The van der Waals surface area contributed by atoms with E-state index in [1.807, 2.05) is 12.1 Å². The van der Waals surface area contributed by atoms with Gasteiger partial charge in [0.05, 0.1) is 5.69 Å². The first kappa shape index (κ1) is 19.3. The quantitative estimate of drug-likeness (QED) is 0.597. The van der Waals surface area contributed by atoms with E-state index in [1.54, 1.807) is 37.8 Å². The SMILES string of the molecule is COC(c1cncnc1)(c1ccc(-c2ccc(OC(F)(F)F)cc2)cn1)C1CC1. The number of methoxy groups -OCH3 is 1. The standard InChI is InChI=1S/C21H18F3N3O2/c1-28-20(16-5-6-16,17-11-25-13-26-12-17)19-9-4-15(10-27-19)14-2-7-18(8-3-14)29-21(22,23)24/h2-4,7-13,16H,5-6H2,1H3. The maximum atomic E-state index is 12.3. The lowest BCUT2D eigenvalue weighted by atomic mass is 9.86. The molecule has 0 aliphatic heterocycles. The van der Waals surface area contributed by atoms with Gasteiger partial charge in [0.25, 0.3) is 0 Å². The molecule has 0 saturated heterocycles. The highest BCUT2D eigenvalue weighted by Crippen LogP contribution is 2.51. The van der Waals surface area contributed by atoms with Gasteiger partial charge >= 0.3 is 6.36 Å². The molecule has 1 unspecified atom stereocenters. The van der Waals surface area contributed by atoms with Crippen molar-refractivity contribution in [2.75, 3.05) is 7.11 Å². The van der Waals surface area contributed by atoms with Gasteiger partial charge in [-0.2, -0.15) is 0 Å². The molecule has 0 bridgehead atoms. The molecule has 1 fully saturated rings. The van der Waals surface area contributed by atoms with E-state index >= 15 is 0 Å². The van der Waals surface area contributed by atoms with Gasteiger partial charge in [0.2, 0.25) is 0 Å². The highest BCUT2D eigenvalue weighted by atomic mass is 19.4. The van der Waals surface area contributed by atoms with Crippen LogP contribution < -0.4 is 4.74 Å². The summed E-state index contributed by atoms with van der Waals surface area (Å²) in [4.78, 5) is 12.9. The summed E-state index contributed by atoms with van der Waals surface area (Å²) in [6, 6.07) is 9.44. The zero-order chi connectivity index (χ0) is 20.5. The lowest BCUT2D eigenvalue weighted by Crippen LogP contribution is -2.34. The van der Waals surface area contributed by atoms with Gasteiger partial charge in [-0.25, -0.2) is 9.97 Å². The fourth-order valence-corrected chi connectivity index (χ4v) is 3.60. The molecule has 2 heterocycles. The van der Waals surface area contributed by atoms with Crippen molar-refractivity contribution in [3.05, 3.63) is 72.6 Å². The first-order valence-electron chi connectivity index (χ1n) is 9.06. The van der Waals surface area contributed by atoms with Crippen molar-refractivity contribution in [2.24, 2.45) is 5.92 Å². The molecular weight excluding hydrogens is 383 g/mol. The van der Waals surface area contributed by atoms with Gasteiger partial charge in [0, 0.05) is 36.8 Å². The normalized spacial score (nSPS) is 16.3. The number of hydrogen-bond acceptors (Lipinski definition) is 5. The Labute approximate surface area is 165 Å². The number of aromatic nitrogens is 3. The third kappa shape index (κ3) is 3.93. The fraction of sp³-hybridized carbons (Fsp3) is 0.286. The van der Waals surface area contributed by atoms with Crippen LogP contribution in [0.2, 0.25) is 0 Å². The minimum absolute atomic E-state index is 0.262. The summed E-state index contributed by atoms with van der Waals surface area (Å²) in [6.07, 6.45) is 3.97. The minimum atomic E-state index is -4.71. The summed E-state index contributed by atoms with van der Waals surface area (Å²) in [5.41, 5.74) is 2.38. The van der Waals surface area contributed by atoms with Crippen LogP contribution in [0.3, 0.4) is 0 Å². The first-order valence-corrected chi connectivity index (χ1v) is 9.06. The third-order valence-corrected chi connectivity index (χ3v) is 5.03. The molecule has 150 valence electrons. The van der Waals surface area contributed by atoms with Crippen molar-refractivity contribution in [3.63, 3.8) is 0 Å². The molecule has 8 heteroatoms. The molecule has 1 aliphatic carbocycles. The van der Waals surface area contributed by atoms with Crippen LogP contribution in [0.25, 0.3) is 11.1 Å². The van der Waals surface area contributed by atoms with E-state index in [9.17, 15) is 13.2 Å². The summed E-state index contributed by atoms with van der Waals surface area (Å²) >= 11 is 0. The smallest absolute Gasteiger partial charge is 0.406 e. The maximum absolute atomic E-state index is 12.3. The second kappa shape index (κ2) is 7.44. The number of hydrogen-bond donors (Lipinski definition) is 0. The predicted octanol–water partition coefficient (Wildman–Crippen LogP) is 4.74. The van der Waals surface area contributed by atoms with Gasteiger partial charge in [0.15, 0.2) is 0 Å². The highest BCUT2D eigenvalue weighted by molar-refractivity contribution is 5.63. The molecule has 0 N–H and O–H groups in total. The van der Waals surface area contributed by atoms with Crippen LogP contribution in [-0.4, -0.2) is 28.4 Å². The molecule has 0 radical (unpaired) electrons. The van der Waals surface area contributed by atoms with E-state index in [0.717, 1.165) is 35.2 Å². The van der Waals surface area contributed by atoms with Crippen molar-refractivity contribution in [1.29, 1.82) is 0 Å². The Morgan fingerprint density at radius 1 is 0.897 bits per heavy atom. The number of nitrogens with zero attached hydrogens (tertiary/aromatic N) is 3. The molecule has 1 saturated carbocycles. The van der Waals surface area contributed by atoms with Crippen LogP contribution in [0, 0.1) is 5.92 Å². The third-order valence-electron chi connectivity index (χ3n) is 5.03. The summed E-state index contributed by atoms with van der Waals surface area (Å²) in [6.45, 7) is 0. The van der Waals surface area contributed by atoms with Crippen LogP contribution in [0.4, 0.5) is 13.2 Å². The summed E-state index contributed by atoms with van der Waals surface area (Å²) in [5.74, 6) is 0.0256. The van der Waals surface area contributed by atoms with Gasteiger partial charge in [-0.1, -0.05) is 18.2 Å². The van der Waals surface area contributed by atoms with Crippen LogP contribution in [0.15, 0.2) is 61.3 Å². The topological polar surface area (TPSA) is 57.1 Å². The van der Waals surface area contributed by atoms with Crippen molar-refractivity contribution < 1.29 is 22.6 Å². The Hall–Kier alpha value is -3.00. The Kier molecular flexibility index (Phi) is 4.96. The van der Waals surface area contributed by atoms with E-state index in [1.165, 1.54) is 18.5 Å². The average molecular weight is 401 g/mol. The maximum Gasteiger partial charge on any atom is 0.573 e. The van der Waals surface area contributed by atoms with Crippen LogP contribution >= 0.6 is 0 Å². The van der Waals surface area contributed by atoms with Crippen molar-refractivity contribution >= 4 is 0 Å². The van der Waals surface area contributed by atoms with Gasteiger partial charge < -0.3 is 9.47 Å². The summed E-state index contributed by atoms with van der Waals surface area (Å²) < 4.78 is 46.8. The Morgan fingerprint density at radius 3 is 2.07 bits per heavy atom. The first-order chi connectivity index (χ1) is 13.9. The molecule has 4 rings (SSSR count). The molecule has 3 aromatic rings. The molecule has 5 nitrogen and oxygen atoms in total. The number of benzene rings is 1. The van der Waals surface area contributed by atoms with Crippen LogP contribution in [0.5, 0.6) is 5.75 Å². The van der Waals surface area contributed by atoms with Crippen molar-refractivity contribution in [1.82, 2.24) is 15.0 Å². The molecule has 1 atom stereocenters. The molecule has 0 spiro atoms. The minimum Gasteiger partial charge on any atom is -0.406 e. The second-order valence-corrected chi connectivity index (χ2v) is 6.85. The van der Waals surface area contributed by atoms with Gasteiger partial charge in [0.1, 0.15) is 17.7 Å². The second-order valence-electron chi connectivity index (χ2n) is 6.85. The van der Waals surface area contributed by atoms with Crippen LogP contribution in [-0.2, 0) is 10.3 Å². The lowest BCUT2D eigenvalue weighted by molar-refractivity contribution is -0.274. The number of rotatable bonds is 6. The largest absolute Gasteiger partial charge is 0.573 e. The van der Waals surface area contributed by atoms with Crippen molar-refractivity contribution in [2.45, 2.75) is 24.8 Å². The van der Waals surface area contributed by atoms with E-state index in [-0.39, 0.29) is 11.7 Å². The molecule has 1 aromatic carbocycles. The fourth-order valence-electron chi connectivity index (χ4n) is 3.60. The molecule has 29 heavy (non-hydrogen) atoms. The molecular formula is C21H18F3N3O2. The number of ether oxygens (including phenoxy) is 2. The summed E-state index contributed by atoms with van der Waals surface area (Å²) in [5, 5.41) is 0. The lowest BCUT2D eigenvalue weighted by Gasteiger charge is -2.32. The van der Waals surface area contributed by atoms with Crippen LogP contribution in [0.1, 0.15) is 24.1 Å². The van der Waals surface area contributed by atoms with E-state index in [2.05, 4.69) is 19.7 Å². The van der Waals surface area contributed by atoms with Gasteiger partial charge in [-0.15, -0.1) is 13.2 Å². The number of alkyl halides is 3. The number of halogens is 3. The predicted molar refractivity (Wildman–Crippen MR) is 98.9 cm³/mol. The molecule has 2 aromatic heterocycles. The number of pyridine rings is 1. The van der Waals surface area contributed by atoms with Gasteiger partial charge in [-0.05, 0) is 42.5 Å². The van der Waals surface area contributed by atoms with E-state index in [0.29, 0.717) is 0 Å². The van der Waals surface area contributed by atoms with E-state index in [4.69, 9.17) is 4.74 Å². The molecule has 1 aliphatic rings. The summed E-state index contributed by atoms with van der Waals surface area (Å²) in [7, 11) is 1.65. The molecule has 0 amide bonds. The zero-order valence-electron chi connectivity index (χ0n) is 15.6.